The van der Waals surface area contributed by atoms with Gasteiger partial charge in [0.1, 0.15) is 6.20 Å². The van der Waals surface area contributed by atoms with Gasteiger partial charge < -0.3 is 0 Å². The molecule has 1 aromatic heterocycles. The molecule has 0 bridgehead atoms. The van der Waals surface area contributed by atoms with Crippen molar-refractivity contribution in [1.82, 2.24) is 9.78 Å². The summed E-state index contributed by atoms with van der Waals surface area (Å²) >= 11 is 0. The van der Waals surface area contributed by atoms with Crippen molar-refractivity contribution in [2.45, 2.75) is 6.43 Å². The second kappa shape index (κ2) is 4.28. The number of nitrogens with zero attached hydrogens (tertiary/aromatic N) is 3. The zero-order chi connectivity index (χ0) is 12.4. The first kappa shape index (κ1) is 11.2. The van der Waals surface area contributed by atoms with Crippen LogP contribution in [0.15, 0.2) is 30.5 Å². The molecule has 0 amide bonds. The Bertz CT molecular complexity index is 540. The number of benzene rings is 1. The molecule has 1 heterocycles. The van der Waals surface area contributed by atoms with Gasteiger partial charge in [-0.1, -0.05) is 12.1 Å². The average molecular weight is 238 g/mol. The zero-order valence-corrected chi connectivity index (χ0v) is 8.38. The van der Waals surface area contributed by atoms with Gasteiger partial charge in [0.2, 0.25) is 5.69 Å². The molecule has 87 valence electrons. The second-order valence-corrected chi connectivity index (χ2v) is 3.16. The predicted molar refractivity (Wildman–Crippen MR) is 54.0 cm³/mol. The minimum absolute atomic E-state index is 0.433. The summed E-state index contributed by atoms with van der Waals surface area (Å²) < 4.78 is 26.1. The molecule has 0 atom stereocenters. The van der Waals surface area contributed by atoms with Crippen molar-refractivity contribution < 1.29 is 13.7 Å². The van der Waals surface area contributed by atoms with Gasteiger partial charge in [0, 0.05) is 0 Å². The van der Waals surface area contributed by atoms with Crippen LogP contribution in [0.3, 0.4) is 0 Å². The van der Waals surface area contributed by atoms with E-state index in [0.29, 0.717) is 5.69 Å². The van der Waals surface area contributed by atoms with Crippen molar-refractivity contribution in [1.29, 1.82) is 0 Å². The Morgan fingerprint density at radius 1 is 1.53 bits per heavy atom. The Labute approximate surface area is 94.4 Å². The topological polar surface area (TPSA) is 61.0 Å². The molecular weight excluding hydrogens is 232 g/mol. The van der Waals surface area contributed by atoms with Crippen LogP contribution in [-0.4, -0.2) is 14.7 Å². The van der Waals surface area contributed by atoms with Crippen LogP contribution in [-0.2, 0) is 0 Å². The van der Waals surface area contributed by atoms with Crippen molar-refractivity contribution in [3.05, 3.63) is 52.3 Å². The first-order valence-corrected chi connectivity index (χ1v) is 4.58. The Morgan fingerprint density at radius 3 is 2.76 bits per heavy atom. The van der Waals surface area contributed by atoms with Crippen LogP contribution in [0, 0.1) is 16.2 Å². The van der Waals surface area contributed by atoms with Gasteiger partial charge in [0.15, 0.2) is 0 Å². The van der Waals surface area contributed by atoms with E-state index < -0.39 is 22.7 Å². The zero-order valence-electron chi connectivity index (χ0n) is 8.38. The lowest BCUT2D eigenvalue weighted by Gasteiger charge is -1.98. The summed E-state index contributed by atoms with van der Waals surface area (Å²) in [4.78, 5) is 9.70. The Morgan fingerprint density at radius 2 is 2.29 bits per heavy atom. The van der Waals surface area contributed by atoms with Crippen LogP contribution in [0.2, 0.25) is 0 Å². The van der Waals surface area contributed by atoms with Crippen LogP contribution in [0.4, 0.5) is 14.5 Å². The Hall–Kier alpha value is -2.31. The van der Waals surface area contributed by atoms with E-state index in [4.69, 9.17) is 0 Å². The summed E-state index contributed by atoms with van der Waals surface area (Å²) in [5, 5.41) is 14.1. The molecule has 1 radical (unpaired) electrons. The van der Waals surface area contributed by atoms with Crippen LogP contribution < -0.4 is 0 Å². The number of aromatic nitrogens is 2. The molecule has 0 fully saturated rings. The minimum Gasteiger partial charge on any atom is -0.258 e. The minimum atomic E-state index is -2.98. The lowest BCUT2D eigenvalue weighted by Crippen LogP contribution is -1.96. The molecule has 0 aliphatic carbocycles. The molecule has 0 aliphatic heterocycles. The molecule has 1 aromatic carbocycles. The first-order chi connectivity index (χ1) is 8.09. The third-order valence-corrected chi connectivity index (χ3v) is 2.08. The Kier molecular flexibility index (Phi) is 2.82. The molecular formula is C10H6F2N3O2. The summed E-state index contributed by atoms with van der Waals surface area (Å²) in [7, 11) is 0. The number of hydrogen-bond donors (Lipinski definition) is 0. The van der Waals surface area contributed by atoms with E-state index in [-0.39, 0.29) is 0 Å². The van der Waals surface area contributed by atoms with Crippen LogP contribution >= 0.6 is 0 Å². The second-order valence-electron chi connectivity index (χ2n) is 3.16. The highest BCUT2D eigenvalue weighted by Gasteiger charge is 2.26. The molecule has 2 aromatic rings. The van der Waals surface area contributed by atoms with Gasteiger partial charge in [-0.25, -0.2) is 13.5 Å². The molecule has 7 heteroatoms. The third kappa shape index (κ3) is 2.12. The van der Waals surface area contributed by atoms with Crippen LogP contribution in [0.1, 0.15) is 12.1 Å². The van der Waals surface area contributed by atoms with Crippen molar-refractivity contribution >= 4 is 5.69 Å². The summed E-state index contributed by atoms with van der Waals surface area (Å²) in [5.74, 6) is 0. The van der Waals surface area contributed by atoms with Crippen LogP contribution in [0.5, 0.6) is 0 Å². The number of nitro groups is 1. The summed E-state index contributed by atoms with van der Waals surface area (Å²) in [6, 6.07) is 9.06. The largest absolute Gasteiger partial charge is 0.316 e. The molecule has 17 heavy (non-hydrogen) atoms. The monoisotopic (exact) mass is 238 g/mol. The SMILES string of the molecule is O=[N+]([O-])c1cn(-c2c[c]ccc2)nc1C(F)F. The van der Waals surface area contributed by atoms with E-state index in [2.05, 4.69) is 11.2 Å². The van der Waals surface area contributed by atoms with Crippen molar-refractivity contribution in [3.8, 4) is 5.69 Å². The quantitative estimate of drug-likeness (QED) is 0.609. The summed E-state index contributed by atoms with van der Waals surface area (Å²) in [6.45, 7) is 0. The summed E-state index contributed by atoms with van der Waals surface area (Å²) in [5.41, 5.74) is -1.09. The molecule has 2 rings (SSSR count). The highest BCUT2D eigenvalue weighted by Crippen LogP contribution is 2.28. The van der Waals surface area contributed by atoms with Crippen molar-refractivity contribution in [2.75, 3.05) is 0 Å². The van der Waals surface area contributed by atoms with E-state index in [1.54, 1.807) is 18.2 Å². The fraction of sp³-hybridized carbons (Fsp3) is 0.100. The maximum atomic E-state index is 12.5. The molecule has 0 unspecified atom stereocenters. The van der Waals surface area contributed by atoms with E-state index in [1.165, 1.54) is 6.07 Å². The number of hydrogen-bond acceptors (Lipinski definition) is 3. The first-order valence-electron chi connectivity index (χ1n) is 4.58. The molecule has 0 aliphatic rings. The molecule has 0 N–H and O–H groups in total. The smallest absolute Gasteiger partial charge is 0.258 e. The lowest BCUT2D eigenvalue weighted by atomic mass is 10.3. The maximum absolute atomic E-state index is 12.5. The standard InChI is InChI=1S/C10H6F2N3O2/c11-10(12)9-8(15(16)17)6-14(13-9)7-4-2-1-3-5-7/h1-2,4-6,10H. The van der Waals surface area contributed by atoms with Gasteiger partial charge in [-0.2, -0.15) is 5.10 Å². The van der Waals surface area contributed by atoms with Gasteiger partial charge in [-0.05, 0) is 18.2 Å². The maximum Gasteiger partial charge on any atom is 0.316 e. The van der Waals surface area contributed by atoms with E-state index in [0.717, 1.165) is 10.9 Å². The van der Waals surface area contributed by atoms with Crippen LogP contribution in [0.25, 0.3) is 5.69 Å². The molecule has 0 saturated heterocycles. The fourth-order valence-corrected chi connectivity index (χ4v) is 1.33. The van der Waals surface area contributed by atoms with Crippen molar-refractivity contribution in [2.24, 2.45) is 0 Å². The van der Waals surface area contributed by atoms with Crippen molar-refractivity contribution in [3.63, 3.8) is 0 Å². The number of rotatable bonds is 3. The highest BCUT2D eigenvalue weighted by molar-refractivity contribution is 5.39. The van der Waals surface area contributed by atoms with E-state index >= 15 is 0 Å². The van der Waals surface area contributed by atoms with Gasteiger partial charge in [-0.15, -0.1) is 0 Å². The fourth-order valence-electron chi connectivity index (χ4n) is 1.33. The average Bonchev–Trinajstić information content (AvgIpc) is 2.75. The van der Waals surface area contributed by atoms with Gasteiger partial charge in [0.05, 0.1) is 10.6 Å². The third-order valence-electron chi connectivity index (χ3n) is 2.08. The van der Waals surface area contributed by atoms with Gasteiger partial charge >= 0.3 is 5.69 Å². The lowest BCUT2D eigenvalue weighted by molar-refractivity contribution is -0.386. The molecule has 5 nitrogen and oxygen atoms in total. The normalized spacial score (nSPS) is 10.8. The summed E-state index contributed by atoms with van der Waals surface area (Å²) in [6.07, 6.45) is -2.02. The van der Waals surface area contributed by atoms with Gasteiger partial charge in [0.25, 0.3) is 6.43 Å². The predicted octanol–water partition coefficient (Wildman–Crippen LogP) is 2.52. The highest BCUT2D eigenvalue weighted by atomic mass is 19.3. The van der Waals surface area contributed by atoms with E-state index in [9.17, 15) is 18.9 Å². The number of halogens is 2. The van der Waals surface area contributed by atoms with Gasteiger partial charge in [-0.3, -0.25) is 10.1 Å². The molecule has 0 saturated carbocycles. The Balaban J connectivity index is 2.51. The number of alkyl halides is 2. The van der Waals surface area contributed by atoms with E-state index in [1.807, 2.05) is 0 Å². The molecule has 0 spiro atoms.